The highest BCUT2D eigenvalue weighted by Crippen LogP contribution is 2.20. The van der Waals surface area contributed by atoms with E-state index >= 15 is 0 Å². The molecular weight excluding hydrogens is 317 g/mol. The number of aromatic nitrogens is 3. The lowest BCUT2D eigenvalue weighted by atomic mass is 10.3. The van der Waals surface area contributed by atoms with Gasteiger partial charge >= 0.3 is 0 Å². The van der Waals surface area contributed by atoms with Gasteiger partial charge in [-0.3, -0.25) is 4.57 Å². The zero-order valence-electron chi connectivity index (χ0n) is 13.1. The number of nitrogens with zero attached hydrogens (tertiary/aromatic N) is 3. The third-order valence-electron chi connectivity index (χ3n) is 3.02. The lowest BCUT2D eigenvalue weighted by molar-refractivity contribution is 0.200. The van der Waals surface area contributed by atoms with E-state index in [0.717, 1.165) is 17.3 Å². The van der Waals surface area contributed by atoms with Gasteiger partial charge in [-0.1, -0.05) is 30.0 Å². The van der Waals surface area contributed by atoms with Crippen LogP contribution in [0.4, 0.5) is 4.39 Å². The Hall–Kier alpha value is -1.86. The fraction of sp³-hybridized carbons (Fsp3) is 0.375. The summed E-state index contributed by atoms with van der Waals surface area (Å²) in [5.74, 6) is 1.34. The van der Waals surface area contributed by atoms with Crippen molar-refractivity contribution >= 4 is 11.8 Å². The fourth-order valence-electron chi connectivity index (χ4n) is 1.92. The molecule has 0 bridgehead atoms. The van der Waals surface area contributed by atoms with Gasteiger partial charge in [0, 0.05) is 26.0 Å². The zero-order valence-corrected chi connectivity index (χ0v) is 13.9. The quantitative estimate of drug-likeness (QED) is 0.378. The van der Waals surface area contributed by atoms with Crippen molar-refractivity contribution in [2.45, 2.75) is 24.7 Å². The molecule has 23 heavy (non-hydrogen) atoms. The monoisotopic (exact) mass is 337 g/mol. The van der Waals surface area contributed by atoms with E-state index in [1.807, 2.05) is 4.57 Å². The summed E-state index contributed by atoms with van der Waals surface area (Å²) in [5, 5.41) is 9.12. The van der Waals surface area contributed by atoms with Crippen LogP contribution in [-0.4, -0.2) is 34.2 Å². The first-order valence-electron chi connectivity index (χ1n) is 7.28. The highest BCUT2D eigenvalue weighted by molar-refractivity contribution is 7.99. The van der Waals surface area contributed by atoms with E-state index in [4.69, 9.17) is 9.47 Å². The summed E-state index contributed by atoms with van der Waals surface area (Å²) in [6, 6.07) is 6.30. The number of para-hydroxylation sites is 1. The number of ether oxygens (including phenoxy) is 2. The predicted octanol–water partition coefficient (Wildman–Crippen LogP) is 3.31. The third kappa shape index (κ3) is 5.07. The van der Waals surface area contributed by atoms with E-state index in [0.29, 0.717) is 19.0 Å². The number of methoxy groups -OCH3 is 1. The summed E-state index contributed by atoms with van der Waals surface area (Å²) < 4.78 is 26.0. The van der Waals surface area contributed by atoms with Gasteiger partial charge in [0.25, 0.3) is 0 Å². The fourth-order valence-corrected chi connectivity index (χ4v) is 2.79. The molecular formula is C16H20FN3O2S. The Labute approximate surface area is 139 Å². The Balaban J connectivity index is 2.01. The van der Waals surface area contributed by atoms with Crippen LogP contribution in [0.1, 0.15) is 12.2 Å². The van der Waals surface area contributed by atoms with E-state index in [9.17, 15) is 4.39 Å². The van der Waals surface area contributed by atoms with Gasteiger partial charge in [0.2, 0.25) is 0 Å². The molecule has 2 rings (SSSR count). The summed E-state index contributed by atoms with van der Waals surface area (Å²) in [4.78, 5) is 0. The minimum Gasteiger partial charge on any atom is -0.483 e. The molecule has 0 saturated carbocycles. The Morgan fingerprint density at radius 1 is 1.35 bits per heavy atom. The minimum absolute atomic E-state index is 0.153. The highest BCUT2D eigenvalue weighted by atomic mass is 32.2. The number of hydrogen-bond acceptors (Lipinski definition) is 5. The van der Waals surface area contributed by atoms with Crippen LogP contribution in [0.15, 0.2) is 42.1 Å². The summed E-state index contributed by atoms with van der Waals surface area (Å²) >= 11 is 1.60. The van der Waals surface area contributed by atoms with Crippen LogP contribution in [0.5, 0.6) is 5.75 Å². The second kappa shape index (κ2) is 9.32. The maximum Gasteiger partial charge on any atom is 0.191 e. The average Bonchev–Trinajstić information content (AvgIpc) is 2.93. The van der Waals surface area contributed by atoms with E-state index in [1.165, 1.54) is 6.07 Å². The van der Waals surface area contributed by atoms with Crippen molar-refractivity contribution < 1.29 is 13.9 Å². The summed E-state index contributed by atoms with van der Waals surface area (Å²) in [6.07, 6.45) is 2.71. The van der Waals surface area contributed by atoms with Gasteiger partial charge in [-0.25, -0.2) is 4.39 Å². The molecule has 0 unspecified atom stereocenters. The van der Waals surface area contributed by atoms with Crippen molar-refractivity contribution in [3.8, 4) is 5.75 Å². The van der Waals surface area contributed by atoms with E-state index < -0.39 is 5.82 Å². The van der Waals surface area contributed by atoms with E-state index in [1.54, 1.807) is 43.1 Å². The first-order chi connectivity index (χ1) is 11.3. The van der Waals surface area contributed by atoms with E-state index in [-0.39, 0.29) is 12.4 Å². The number of rotatable bonds is 10. The zero-order chi connectivity index (χ0) is 16.5. The number of halogens is 1. The third-order valence-corrected chi connectivity index (χ3v) is 4.08. The smallest absolute Gasteiger partial charge is 0.191 e. The molecule has 0 atom stereocenters. The maximum absolute atomic E-state index is 13.6. The van der Waals surface area contributed by atoms with Gasteiger partial charge < -0.3 is 9.47 Å². The molecule has 0 aliphatic rings. The van der Waals surface area contributed by atoms with Crippen LogP contribution in [0, 0.1) is 5.82 Å². The van der Waals surface area contributed by atoms with Crippen LogP contribution in [0.2, 0.25) is 0 Å². The van der Waals surface area contributed by atoms with Crippen molar-refractivity contribution in [1.82, 2.24) is 14.8 Å². The van der Waals surface area contributed by atoms with Crippen LogP contribution >= 0.6 is 11.8 Å². The minimum atomic E-state index is -0.392. The largest absolute Gasteiger partial charge is 0.483 e. The SMILES string of the molecule is C=CCn1c(COc2ccccc2F)nnc1SCCCOC. The van der Waals surface area contributed by atoms with Crippen LogP contribution in [-0.2, 0) is 17.9 Å². The summed E-state index contributed by atoms with van der Waals surface area (Å²) in [6.45, 7) is 5.20. The van der Waals surface area contributed by atoms with Crippen LogP contribution < -0.4 is 4.74 Å². The number of benzene rings is 1. The Bertz CT molecular complexity index is 634. The van der Waals surface area contributed by atoms with Crippen molar-refractivity contribution in [3.05, 3.63) is 48.6 Å². The highest BCUT2D eigenvalue weighted by Gasteiger charge is 2.13. The average molecular weight is 337 g/mol. The predicted molar refractivity (Wildman–Crippen MR) is 88.2 cm³/mol. The second-order valence-electron chi connectivity index (χ2n) is 4.71. The first-order valence-corrected chi connectivity index (χ1v) is 8.27. The molecule has 0 aliphatic heterocycles. The molecule has 1 heterocycles. The van der Waals surface area contributed by atoms with Crippen molar-refractivity contribution in [3.63, 3.8) is 0 Å². The van der Waals surface area contributed by atoms with Gasteiger partial charge in [0.05, 0.1) is 0 Å². The van der Waals surface area contributed by atoms with Gasteiger partial charge in [0.15, 0.2) is 22.5 Å². The van der Waals surface area contributed by atoms with Gasteiger partial charge in [0.1, 0.15) is 6.61 Å². The lowest BCUT2D eigenvalue weighted by Crippen LogP contribution is -2.08. The summed E-state index contributed by atoms with van der Waals surface area (Å²) in [7, 11) is 1.68. The molecule has 5 nitrogen and oxygen atoms in total. The molecule has 0 saturated heterocycles. The Kier molecular flexibility index (Phi) is 7.09. The van der Waals surface area contributed by atoms with E-state index in [2.05, 4.69) is 16.8 Å². The molecule has 7 heteroatoms. The number of thioether (sulfide) groups is 1. The lowest BCUT2D eigenvalue weighted by Gasteiger charge is -2.09. The molecule has 124 valence electrons. The van der Waals surface area contributed by atoms with Gasteiger partial charge in [-0.2, -0.15) is 0 Å². The van der Waals surface area contributed by atoms with Crippen LogP contribution in [0.25, 0.3) is 0 Å². The number of allylic oxidation sites excluding steroid dienone is 1. The molecule has 0 amide bonds. The Morgan fingerprint density at radius 3 is 2.91 bits per heavy atom. The molecule has 0 spiro atoms. The standard InChI is InChI=1S/C16H20FN3O2S/c1-3-9-20-15(12-22-14-8-5-4-7-13(14)17)18-19-16(20)23-11-6-10-21-2/h3-5,7-8H,1,6,9-12H2,2H3. The van der Waals surface area contributed by atoms with Crippen molar-refractivity contribution in [1.29, 1.82) is 0 Å². The molecule has 0 radical (unpaired) electrons. The van der Waals surface area contributed by atoms with Gasteiger partial charge in [-0.05, 0) is 18.6 Å². The first kappa shape index (κ1) is 17.5. The molecule has 0 fully saturated rings. The maximum atomic E-state index is 13.6. The second-order valence-corrected chi connectivity index (χ2v) is 5.77. The molecule has 2 aromatic rings. The summed E-state index contributed by atoms with van der Waals surface area (Å²) in [5.41, 5.74) is 0. The normalized spacial score (nSPS) is 10.7. The molecule has 1 aromatic heterocycles. The van der Waals surface area contributed by atoms with Crippen molar-refractivity contribution in [2.24, 2.45) is 0 Å². The van der Waals surface area contributed by atoms with Gasteiger partial charge in [-0.15, -0.1) is 16.8 Å². The Morgan fingerprint density at radius 2 is 2.17 bits per heavy atom. The molecule has 0 N–H and O–H groups in total. The van der Waals surface area contributed by atoms with Crippen LogP contribution in [0.3, 0.4) is 0 Å². The van der Waals surface area contributed by atoms with Crippen molar-refractivity contribution in [2.75, 3.05) is 19.5 Å². The molecule has 0 aliphatic carbocycles. The topological polar surface area (TPSA) is 49.2 Å². The number of hydrogen-bond donors (Lipinski definition) is 0. The molecule has 1 aromatic carbocycles.